The largest absolute Gasteiger partial charge is 0.492 e. The van der Waals surface area contributed by atoms with E-state index in [9.17, 15) is 8.42 Å². The van der Waals surface area contributed by atoms with Crippen LogP contribution < -0.4 is 9.88 Å². The number of alkyl halides is 1. The first-order valence-corrected chi connectivity index (χ1v) is 6.96. The van der Waals surface area contributed by atoms with E-state index in [1.165, 1.54) is 6.07 Å². The number of para-hydroxylation sites is 1. The lowest BCUT2D eigenvalue weighted by molar-refractivity contribution is 0.265. The first-order valence-electron chi connectivity index (χ1n) is 4.88. The number of fused-ring (bicyclic) bond motifs is 1. The first kappa shape index (κ1) is 11.7. The SMILES string of the molecule is NS(=O)(=O)c1cccc2c1OCCC2CCl. The van der Waals surface area contributed by atoms with Gasteiger partial charge in [-0.3, -0.25) is 0 Å². The van der Waals surface area contributed by atoms with Crippen molar-refractivity contribution in [3.05, 3.63) is 23.8 Å². The molecule has 2 N–H and O–H groups in total. The minimum Gasteiger partial charge on any atom is -0.492 e. The van der Waals surface area contributed by atoms with Crippen LogP contribution in [0.2, 0.25) is 0 Å². The lowest BCUT2D eigenvalue weighted by atomic mass is 9.95. The molecule has 0 spiro atoms. The molecule has 0 radical (unpaired) electrons. The zero-order valence-electron chi connectivity index (χ0n) is 8.52. The molecule has 1 aliphatic rings. The highest BCUT2D eigenvalue weighted by Crippen LogP contribution is 2.38. The van der Waals surface area contributed by atoms with E-state index in [0.29, 0.717) is 18.2 Å². The highest BCUT2D eigenvalue weighted by Gasteiger charge is 2.26. The maximum atomic E-state index is 11.4. The molecule has 2 rings (SSSR count). The predicted octanol–water partition coefficient (Wildman–Crippen LogP) is 1.44. The second-order valence-corrected chi connectivity index (χ2v) is 5.55. The molecule has 0 aromatic heterocycles. The number of hydrogen-bond acceptors (Lipinski definition) is 3. The second kappa shape index (κ2) is 4.24. The number of primary sulfonamides is 1. The molecular weight excluding hydrogens is 250 g/mol. The Morgan fingerprint density at radius 2 is 2.25 bits per heavy atom. The quantitative estimate of drug-likeness (QED) is 0.819. The van der Waals surface area contributed by atoms with Gasteiger partial charge in [0, 0.05) is 11.8 Å². The van der Waals surface area contributed by atoms with Gasteiger partial charge in [-0.05, 0) is 18.1 Å². The van der Waals surface area contributed by atoms with Crippen LogP contribution >= 0.6 is 11.6 Å². The van der Waals surface area contributed by atoms with Crippen molar-refractivity contribution in [2.75, 3.05) is 12.5 Å². The van der Waals surface area contributed by atoms with Gasteiger partial charge in [0.05, 0.1) is 6.61 Å². The Balaban J connectivity index is 2.60. The van der Waals surface area contributed by atoms with Gasteiger partial charge in [0.15, 0.2) is 0 Å². The standard InChI is InChI=1S/C10H12ClNO3S/c11-6-7-4-5-15-10-8(7)2-1-3-9(10)16(12,13)14/h1-3,7H,4-6H2,(H2,12,13,14). The van der Waals surface area contributed by atoms with Crippen molar-refractivity contribution in [2.45, 2.75) is 17.2 Å². The lowest BCUT2D eigenvalue weighted by Crippen LogP contribution is -2.20. The molecule has 1 atom stereocenters. The minimum atomic E-state index is -3.74. The van der Waals surface area contributed by atoms with Crippen molar-refractivity contribution >= 4 is 21.6 Å². The van der Waals surface area contributed by atoms with Gasteiger partial charge in [0.1, 0.15) is 10.6 Å². The Labute approximate surface area is 99.4 Å². The summed E-state index contributed by atoms with van der Waals surface area (Å²) < 4.78 is 28.1. The van der Waals surface area contributed by atoms with Gasteiger partial charge < -0.3 is 4.74 Å². The minimum absolute atomic E-state index is 0.0415. The maximum Gasteiger partial charge on any atom is 0.241 e. The summed E-state index contributed by atoms with van der Waals surface area (Å²) in [6, 6.07) is 4.94. The molecule has 1 heterocycles. The summed E-state index contributed by atoms with van der Waals surface area (Å²) in [6.45, 7) is 0.469. The van der Waals surface area contributed by atoms with Gasteiger partial charge in [-0.15, -0.1) is 11.6 Å². The summed E-state index contributed by atoms with van der Waals surface area (Å²) in [5.41, 5.74) is 0.827. The average Bonchev–Trinajstić information content (AvgIpc) is 2.26. The van der Waals surface area contributed by atoms with Gasteiger partial charge >= 0.3 is 0 Å². The third-order valence-corrected chi connectivity index (χ3v) is 3.96. The van der Waals surface area contributed by atoms with Crippen molar-refractivity contribution in [2.24, 2.45) is 5.14 Å². The lowest BCUT2D eigenvalue weighted by Gasteiger charge is -2.25. The smallest absolute Gasteiger partial charge is 0.241 e. The molecule has 6 heteroatoms. The number of hydrogen-bond donors (Lipinski definition) is 1. The molecule has 1 aliphatic heterocycles. The Kier molecular flexibility index (Phi) is 3.10. The van der Waals surface area contributed by atoms with Crippen LogP contribution in [-0.4, -0.2) is 20.9 Å². The highest BCUT2D eigenvalue weighted by molar-refractivity contribution is 7.89. The molecule has 1 unspecified atom stereocenters. The predicted molar refractivity (Wildman–Crippen MR) is 61.4 cm³/mol. The maximum absolute atomic E-state index is 11.4. The van der Waals surface area contributed by atoms with Gasteiger partial charge in [-0.2, -0.15) is 0 Å². The van der Waals surface area contributed by atoms with E-state index in [0.717, 1.165) is 12.0 Å². The third kappa shape index (κ3) is 2.03. The summed E-state index contributed by atoms with van der Waals surface area (Å²) in [7, 11) is -3.74. The Morgan fingerprint density at radius 3 is 2.88 bits per heavy atom. The molecule has 0 bridgehead atoms. The summed E-state index contributed by atoms with van der Waals surface area (Å²) >= 11 is 5.84. The van der Waals surface area contributed by atoms with E-state index >= 15 is 0 Å². The van der Waals surface area contributed by atoms with Gasteiger partial charge in [0.2, 0.25) is 10.0 Å². The van der Waals surface area contributed by atoms with Gasteiger partial charge in [0.25, 0.3) is 0 Å². The van der Waals surface area contributed by atoms with Crippen LogP contribution in [0.3, 0.4) is 0 Å². The van der Waals surface area contributed by atoms with Crippen LogP contribution in [0.25, 0.3) is 0 Å². The summed E-state index contributed by atoms with van der Waals surface area (Å²) in [5, 5.41) is 5.13. The highest BCUT2D eigenvalue weighted by atomic mass is 35.5. The molecule has 0 aliphatic carbocycles. The fourth-order valence-electron chi connectivity index (χ4n) is 1.85. The van der Waals surface area contributed by atoms with Crippen molar-refractivity contribution in [3.63, 3.8) is 0 Å². The molecule has 88 valence electrons. The molecule has 0 saturated heterocycles. The topological polar surface area (TPSA) is 69.4 Å². The molecule has 1 aromatic rings. The van der Waals surface area contributed by atoms with Gasteiger partial charge in [-0.25, -0.2) is 13.6 Å². The van der Waals surface area contributed by atoms with E-state index in [1.54, 1.807) is 6.07 Å². The van der Waals surface area contributed by atoms with Crippen molar-refractivity contribution in [1.82, 2.24) is 0 Å². The van der Waals surface area contributed by atoms with Crippen LogP contribution in [0.15, 0.2) is 23.1 Å². The molecule has 4 nitrogen and oxygen atoms in total. The Morgan fingerprint density at radius 1 is 1.50 bits per heavy atom. The van der Waals surface area contributed by atoms with Gasteiger partial charge in [-0.1, -0.05) is 12.1 Å². The fraction of sp³-hybridized carbons (Fsp3) is 0.400. The average molecular weight is 262 g/mol. The number of nitrogens with two attached hydrogens (primary N) is 1. The number of rotatable bonds is 2. The molecule has 1 aromatic carbocycles. The molecular formula is C10H12ClNO3S. The van der Waals surface area contributed by atoms with E-state index in [2.05, 4.69) is 0 Å². The number of ether oxygens (including phenoxy) is 1. The second-order valence-electron chi connectivity index (χ2n) is 3.71. The molecule has 0 amide bonds. The van der Waals surface area contributed by atoms with Crippen molar-refractivity contribution < 1.29 is 13.2 Å². The first-order chi connectivity index (χ1) is 7.54. The number of benzene rings is 1. The van der Waals surface area contributed by atoms with Crippen molar-refractivity contribution in [1.29, 1.82) is 0 Å². The van der Waals surface area contributed by atoms with E-state index < -0.39 is 10.0 Å². The Bertz CT molecular complexity index is 501. The van der Waals surface area contributed by atoms with Crippen LogP contribution in [0.4, 0.5) is 0 Å². The summed E-state index contributed by atoms with van der Waals surface area (Å²) in [6.07, 6.45) is 0.796. The fourth-order valence-corrected chi connectivity index (χ4v) is 2.88. The number of halogens is 1. The molecule has 0 fully saturated rings. The van der Waals surface area contributed by atoms with Crippen LogP contribution in [-0.2, 0) is 10.0 Å². The van der Waals surface area contributed by atoms with E-state index in [1.807, 2.05) is 6.07 Å². The van der Waals surface area contributed by atoms with E-state index in [4.69, 9.17) is 21.5 Å². The Hall–Kier alpha value is -0.780. The van der Waals surface area contributed by atoms with Crippen LogP contribution in [0, 0.1) is 0 Å². The zero-order valence-corrected chi connectivity index (χ0v) is 10.1. The third-order valence-electron chi connectivity index (χ3n) is 2.65. The van der Waals surface area contributed by atoms with Crippen LogP contribution in [0.1, 0.15) is 17.9 Å². The number of sulfonamides is 1. The van der Waals surface area contributed by atoms with E-state index in [-0.39, 0.29) is 10.8 Å². The zero-order chi connectivity index (χ0) is 11.8. The van der Waals surface area contributed by atoms with Crippen LogP contribution in [0.5, 0.6) is 5.75 Å². The molecule has 0 saturated carbocycles. The normalized spacial score (nSPS) is 20.0. The molecule has 16 heavy (non-hydrogen) atoms. The van der Waals surface area contributed by atoms with Crippen molar-refractivity contribution in [3.8, 4) is 5.75 Å². The monoisotopic (exact) mass is 261 g/mol. The summed E-state index contributed by atoms with van der Waals surface area (Å²) in [5.74, 6) is 0.943. The summed E-state index contributed by atoms with van der Waals surface area (Å²) in [4.78, 5) is 0.0415.